The first-order valence-corrected chi connectivity index (χ1v) is 9.80. The van der Waals surface area contributed by atoms with Crippen molar-refractivity contribution in [2.75, 3.05) is 0 Å². The fraction of sp³-hybridized carbons (Fsp3) is 0.286. The lowest BCUT2D eigenvalue weighted by atomic mass is 10.0. The van der Waals surface area contributed by atoms with Crippen molar-refractivity contribution in [3.63, 3.8) is 0 Å². The van der Waals surface area contributed by atoms with Gasteiger partial charge in [-0.05, 0) is 67.5 Å². The van der Waals surface area contributed by atoms with E-state index in [-0.39, 0.29) is 5.91 Å². The number of carbonyl (C=O) groups excluding carboxylic acids is 1. The average molecular weight is 408 g/mol. The minimum Gasteiger partial charge on any atom is -0.349 e. The van der Waals surface area contributed by atoms with Crippen LogP contribution < -0.4 is 5.32 Å². The van der Waals surface area contributed by atoms with Gasteiger partial charge in [-0.15, -0.1) is 0 Å². The number of nitrogens with zero attached hydrogens (tertiary/aromatic N) is 2. The highest BCUT2D eigenvalue weighted by molar-refractivity contribution is 9.10. The summed E-state index contributed by atoms with van der Waals surface area (Å²) in [7, 11) is 0. The Balaban J connectivity index is 1.59. The van der Waals surface area contributed by atoms with E-state index in [1.54, 1.807) is 12.4 Å². The third-order valence-electron chi connectivity index (χ3n) is 5.65. The van der Waals surface area contributed by atoms with Crippen molar-refractivity contribution in [2.45, 2.75) is 25.3 Å². The largest absolute Gasteiger partial charge is 0.349 e. The zero-order valence-electron chi connectivity index (χ0n) is 14.2. The number of nitrogens with one attached hydrogen (secondary N) is 1. The minimum atomic E-state index is 0.00311. The van der Waals surface area contributed by atoms with Gasteiger partial charge in [0.25, 0.3) is 5.91 Å². The van der Waals surface area contributed by atoms with Crippen LogP contribution in [-0.2, 0) is 0 Å². The Morgan fingerprint density at radius 2 is 1.96 bits per heavy atom. The molecule has 1 N–H and O–H groups in total. The molecular weight excluding hydrogens is 390 g/mol. The number of hydrogen-bond donors (Lipinski definition) is 1. The minimum absolute atomic E-state index is 0.00311. The Kier molecular flexibility index (Phi) is 3.78. The molecule has 2 heterocycles. The third-order valence-corrected chi connectivity index (χ3v) is 6.14. The van der Waals surface area contributed by atoms with E-state index >= 15 is 0 Å². The Bertz CT molecular complexity index is 1000. The Morgan fingerprint density at radius 3 is 2.69 bits per heavy atom. The molecule has 2 aromatic heterocycles. The summed E-state index contributed by atoms with van der Waals surface area (Å²) in [5.74, 6) is 1.54. The summed E-state index contributed by atoms with van der Waals surface area (Å²) in [5, 5.41) is 4.16. The Labute approximate surface area is 160 Å². The standard InChI is InChI=1S/C21H18BrN3O/c22-14-2-4-19-16(10-14)17(11-20(24-19)12-5-7-23-8-6-12)21(26)25-18-3-1-13-9-15(13)18/h2,4-8,10-11,13,15,18H,1,3,9H2,(H,25,26). The van der Waals surface area contributed by atoms with Gasteiger partial charge in [-0.25, -0.2) is 4.98 Å². The monoisotopic (exact) mass is 407 g/mol. The normalized spacial score (nSPS) is 23.7. The SMILES string of the molecule is O=C(NC1CCC2CC21)c1cc(-c2ccncc2)nc2ccc(Br)cc12. The summed E-state index contributed by atoms with van der Waals surface area (Å²) in [4.78, 5) is 21.9. The predicted octanol–water partition coefficient (Wildman–Crippen LogP) is 4.59. The van der Waals surface area contributed by atoms with Crippen LogP contribution in [-0.4, -0.2) is 21.9 Å². The highest BCUT2D eigenvalue weighted by Crippen LogP contribution is 2.51. The quantitative estimate of drug-likeness (QED) is 0.690. The van der Waals surface area contributed by atoms with Gasteiger partial charge in [0, 0.05) is 33.9 Å². The lowest BCUT2D eigenvalue weighted by Gasteiger charge is -2.16. The molecular formula is C21H18BrN3O. The number of amides is 1. The van der Waals surface area contributed by atoms with Crippen molar-refractivity contribution in [3.05, 3.63) is 58.8 Å². The van der Waals surface area contributed by atoms with E-state index in [2.05, 4.69) is 26.2 Å². The van der Waals surface area contributed by atoms with Crippen LogP contribution in [0.4, 0.5) is 0 Å². The second-order valence-corrected chi connectivity index (χ2v) is 8.19. The average Bonchev–Trinajstić information content (AvgIpc) is 3.35. The van der Waals surface area contributed by atoms with Gasteiger partial charge in [0.15, 0.2) is 0 Å². The van der Waals surface area contributed by atoms with E-state index in [0.717, 1.165) is 39.0 Å². The fourth-order valence-electron chi connectivity index (χ4n) is 4.19. The number of rotatable bonds is 3. The van der Waals surface area contributed by atoms with Gasteiger partial charge >= 0.3 is 0 Å². The number of pyridine rings is 2. The predicted molar refractivity (Wildman–Crippen MR) is 105 cm³/mol. The first-order valence-electron chi connectivity index (χ1n) is 9.00. The molecule has 0 spiro atoms. The van der Waals surface area contributed by atoms with Gasteiger partial charge < -0.3 is 5.32 Å². The smallest absolute Gasteiger partial charge is 0.252 e. The van der Waals surface area contributed by atoms with Crippen LogP contribution in [0, 0.1) is 11.8 Å². The molecule has 5 rings (SSSR count). The Morgan fingerprint density at radius 1 is 1.12 bits per heavy atom. The number of benzene rings is 1. The second kappa shape index (κ2) is 6.16. The van der Waals surface area contributed by atoms with Crippen molar-refractivity contribution >= 4 is 32.7 Å². The molecule has 2 saturated carbocycles. The van der Waals surface area contributed by atoms with Crippen LogP contribution in [0.25, 0.3) is 22.2 Å². The van der Waals surface area contributed by atoms with Crippen molar-refractivity contribution < 1.29 is 4.79 Å². The maximum absolute atomic E-state index is 13.1. The maximum atomic E-state index is 13.1. The number of aromatic nitrogens is 2. The van der Waals surface area contributed by atoms with Crippen LogP contribution in [0.15, 0.2) is 53.3 Å². The van der Waals surface area contributed by atoms with E-state index in [4.69, 9.17) is 4.98 Å². The van der Waals surface area contributed by atoms with Gasteiger partial charge in [0.05, 0.1) is 16.8 Å². The topological polar surface area (TPSA) is 54.9 Å². The van der Waals surface area contributed by atoms with E-state index in [9.17, 15) is 4.79 Å². The number of carbonyl (C=O) groups is 1. The summed E-state index contributed by atoms with van der Waals surface area (Å²) in [6.07, 6.45) is 7.12. The first kappa shape index (κ1) is 15.9. The van der Waals surface area contributed by atoms with Crippen molar-refractivity contribution in [2.24, 2.45) is 11.8 Å². The number of hydrogen-bond acceptors (Lipinski definition) is 3. The molecule has 0 radical (unpaired) electrons. The molecule has 2 aliphatic carbocycles. The summed E-state index contributed by atoms with van der Waals surface area (Å²) in [6.45, 7) is 0. The molecule has 5 heteroatoms. The molecule has 3 atom stereocenters. The van der Waals surface area contributed by atoms with E-state index in [1.807, 2.05) is 36.4 Å². The molecule has 2 fully saturated rings. The summed E-state index contributed by atoms with van der Waals surface area (Å²) in [6, 6.07) is 11.9. The van der Waals surface area contributed by atoms with Crippen LogP contribution >= 0.6 is 15.9 Å². The number of fused-ring (bicyclic) bond motifs is 2. The molecule has 2 aliphatic rings. The van der Waals surface area contributed by atoms with Crippen LogP contribution in [0.1, 0.15) is 29.6 Å². The molecule has 1 amide bonds. The molecule has 4 nitrogen and oxygen atoms in total. The molecule has 0 bridgehead atoms. The summed E-state index contributed by atoms with van der Waals surface area (Å²) < 4.78 is 0.945. The molecule has 0 saturated heterocycles. The molecule has 26 heavy (non-hydrogen) atoms. The van der Waals surface area contributed by atoms with Crippen LogP contribution in [0.3, 0.4) is 0 Å². The van der Waals surface area contributed by atoms with Crippen molar-refractivity contribution in [1.82, 2.24) is 15.3 Å². The van der Waals surface area contributed by atoms with Gasteiger partial charge in [0.1, 0.15) is 0 Å². The van der Waals surface area contributed by atoms with Crippen molar-refractivity contribution in [1.29, 1.82) is 0 Å². The highest BCUT2D eigenvalue weighted by Gasteiger charge is 2.48. The van der Waals surface area contributed by atoms with Gasteiger partial charge in [-0.1, -0.05) is 15.9 Å². The number of halogens is 1. The summed E-state index contributed by atoms with van der Waals surface area (Å²) >= 11 is 3.52. The second-order valence-electron chi connectivity index (χ2n) is 7.27. The first-order chi connectivity index (χ1) is 12.7. The van der Waals surface area contributed by atoms with E-state index in [0.29, 0.717) is 17.5 Å². The fourth-order valence-corrected chi connectivity index (χ4v) is 4.55. The molecule has 0 aliphatic heterocycles. The molecule has 3 unspecified atom stereocenters. The lowest BCUT2D eigenvalue weighted by Crippen LogP contribution is -2.35. The van der Waals surface area contributed by atoms with Gasteiger partial charge in [-0.3, -0.25) is 9.78 Å². The van der Waals surface area contributed by atoms with E-state index < -0.39 is 0 Å². The molecule has 130 valence electrons. The van der Waals surface area contributed by atoms with Crippen molar-refractivity contribution in [3.8, 4) is 11.3 Å². The zero-order valence-corrected chi connectivity index (χ0v) is 15.7. The molecule has 3 aromatic rings. The van der Waals surface area contributed by atoms with Gasteiger partial charge in [0.2, 0.25) is 0 Å². The highest BCUT2D eigenvalue weighted by atomic mass is 79.9. The lowest BCUT2D eigenvalue weighted by molar-refractivity contribution is 0.0935. The summed E-state index contributed by atoms with van der Waals surface area (Å²) in [5.41, 5.74) is 3.26. The maximum Gasteiger partial charge on any atom is 0.252 e. The molecule has 1 aromatic carbocycles. The third kappa shape index (κ3) is 2.80. The van der Waals surface area contributed by atoms with Crippen LogP contribution in [0.2, 0.25) is 0 Å². The zero-order chi connectivity index (χ0) is 17.7. The van der Waals surface area contributed by atoms with Gasteiger partial charge in [-0.2, -0.15) is 0 Å². The van der Waals surface area contributed by atoms with E-state index in [1.165, 1.54) is 12.8 Å². The Hall–Kier alpha value is -2.27. The van der Waals surface area contributed by atoms with Crippen LogP contribution in [0.5, 0.6) is 0 Å².